The van der Waals surface area contributed by atoms with E-state index in [2.05, 4.69) is 10.6 Å². The van der Waals surface area contributed by atoms with Crippen molar-refractivity contribution in [3.05, 3.63) is 77.6 Å². The van der Waals surface area contributed by atoms with E-state index in [1.54, 1.807) is 18.2 Å². The Balaban J connectivity index is 2.07. The minimum absolute atomic E-state index is 0.0580. The average molecular weight is 398 g/mol. The highest BCUT2D eigenvalue weighted by molar-refractivity contribution is 5.90. The van der Waals surface area contributed by atoms with Crippen LogP contribution in [0.4, 0.5) is 4.39 Å². The molecular formula is C22H23FN2O4. The largest absolute Gasteiger partial charge is 0.480 e. The number of nitrogens with one attached hydrogen (secondary N) is 2. The zero-order chi connectivity index (χ0) is 21.2. The Morgan fingerprint density at radius 1 is 1.00 bits per heavy atom. The first kappa shape index (κ1) is 21.8. The summed E-state index contributed by atoms with van der Waals surface area (Å²) in [4.78, 5) is 35.6. The third-order valence-electron chi connectivity index (χ3n) is 4.17. The van der Waals surface area contributed by atoms with Crippen molar-refractivity contribution in [2.45, 2.75) is 31.8 Å². The van der Waals surface area contributed by atoms with Gasteiger partial charge in [0.2, 0.25) is 11.8 Å². The van der Waals surface area contributed by atoms with Gasteiger partial charge in [0.25, 0.3) is 0 Å². The van der Waals surface area contributed by atoms with Crippen LogP contribution in [0.15, 0.2) is 60.7 Å². The van der Waals surface area contributed by atoms with Crippen molar-refractivity contribution in [1.82, 2.24) is 10.6 Å². The van der Waals surface area contributed by atoms with Gasteiger partial charge in [0.1, 0.15) is 17.9 Å². The van der Waals surface area contributed by atoms with Gasteiger partial charge in [0.15, 0.2) is 0 Å². The van der Waals surface area contributed by atoms with Gasteiger partial charge in [0, 0.05) is 13.3 Å². The number of halogens is 1. The van der Waals surface area contributed by atoms with Crippen molar-refractivity contribution in [3.63, 3.8) is 0 Å². The van der Waals surface area contributed by atoms with Gasteiger partial charge >= 0.3 is 5.97 Å². The smallest absolute Gasteiger partial charge is 0.326 e. The first-order valence-electron chi connectivity index (χ1n) is 9.12. The fraction of sp³-hybridized carbons (Fsp3) is 0.227. The van der Waals surface area contributed by atoms with Crippen LogP contribution in [0.1, 0.15) is 24.5 Å². The van der Waals surface area contributed by atoms with Gasteiger partial charge in [-0.15, -0.1) is 0 Å². The van der Waals surface area contributed by atoms with Crippen LogP contribution in [0.25, 0.3) is 6.08 Å². The van der Waals surface area contributed by atoms with E-state index in [0.717, 1.165) is 5.56 Å². The number of benzene rings is 2. The molecule has 0 aliphatic rings. The molecule has 0 heterocycles. The molecule has 0 radical (unpaired) electrons. The Morgan fingerprint density at radius 3 is 2.28 bits per heavy atom. The van der Waals surface area contributed by atoms with Crippen molar-refractivity contribution in [3.8, 4) is 0 Å². The highest BCUT2D eigenvalue weighted by Crippen LogP contribution is 2.10. The normalized spacial score (nSPS) is 12.9. The molecule has 6 nitrogen and oxygen atoms in total. The van der Waals surface area contributed by atoms with Crippen LogP contribution in [-0.2, 0) is 20.8 Å². The number of carbonyl (C=O) groups is 3. The lowest BCUT2D eigenvalue weighted by Gasteiger charge is -2.20. The van der Waals surface area contributed by atoms with E-state index in [0.29, 0.717) is 0 Å². The van der Waals surface area contributed by atoms with Gasteiger partial charge in [-0.2, -0.15) is 0 Å². The Hall–Kier alpha value is -3.48. The molecule has 0 aromatic heterocycles. The van der Waals surface area contributed by atoms with E-state index in [4.69, 9.17) is 0 Å². The molecule has 152 valence electrons. The van der Waals surface area contributed by atoms with Crippen LogP contribution < -0.4 is 10.6 Å². The molecule has 0 unspecified atom stereocenters. The Morgan fingerprint density at radius 2 is 1.66 bits per heavy atom. The van der Waals surface area contributed by atoms with Crippen molar-refractivity contribution in [1.29, 1.82) is 0 Å². The van der Waals surface area contributed by atoms with E-state index in [9.17, 15) is 23.9 Å². The van der Waals surface area contributed by atoms with Crippen LogP contribution in [0.3, 0.4) is 0 Å². The lowest BCUT2D eigenvalue weighted by atomic mass is 10.0. The Bertz CT molecular complexity index is 883. The average Bonchev–Trinajstić information content (AvgIpc) is 2.68. The first-order valence-corrected chi connectivity index (χ1v) is 9.12. The summed E-state index contributed by atoms with van der Waals surface area (Å²) in [6.45, 7) is 1.24. The number of hydrogen-bond acceptors (Lipinski definition) is 3. The summed E-state index contributed by atoms with van der Waals surface area (Å²) >= 11 is 0. The molecule has 0 bridgehead atoms. The summed E-state index contributed by atoms with van der Waals surface area (Å²) < 4.78 is 13.9. The molecule has 0 saturated carbocycles. The predicted molar refractivity (Wildman–Crippen MR) is 107 cm³/mol. The lowest BCUT2D eigenvalue weighted by molar-refractivity contribution is -0.142. The van der Waals surface area contributed by atoms with Gasteiger partial charge < -0.3 is 15.7 Å². The third kappa shape index (κ3) is 7.21. The van der Waals surface area contributed by atoms with E-state index in [-0.39, 0.29) is 18.4 Å². The molecule has 3 N–H and O–H groups in total. The van der Waals surface area contributed by atoms with E-state index < -0.39 is 35.7 Å². The van der Waals surface area contributed by atoms with Crippen LogP contribution in [0.5, 0.6) is 0 Å². The van der Waals surface area contributed by atoms with E-state index in [1.807, 2.05) is 30.3 Å². The van der Waals surface area contributed by atoms with Crippen molar-refractivity contribution in [2.24, 2.45) is 0 Å². The van der Waals surface area contributed by atoms with Crippen LogP contribution in [-0.4, -0.2) is 35.0 Å². The van der Waals surface area contributed by atoms with Crippen molar-refractivity contribution in [2.75, 3.05) is 0 Å². The van der Waals surface area contributed by atoms with Gasteiger partial charge in [-0.05, 0) is 23.6 Å². The highest BCUT2D eigenvalue weighted by Gasteiger charge is 2.26. The molecule has 2 aromatic carbocycles. The zero-order valence-electron chi connectivity index (χ0n) is 16.0. The van der Waals surface area contributed by atoms with E-state index >= 15 is 0 Å². The second-order valence-corrected chi connectivity index (χ2v) is 6.50. The fourth-order valence-electron chi connectivity index (χ4n) is 2.74. The summed E-state index contributed by atoms with van der Waals surface area (Å²) in [5.41, 5.74) is 1.15. The van der Waals surface area contributed by atoms with E-state index in [1.165, 1.54) is 25.1 Å². The highest BCUT2D eigenvalue weighted by atomic mass is 19.1. The summed E-state index contributed by atoms with van der Waals surface area (Å²) in [6, 6.07) is 13.0. The van der Waals surface area contributed by atoms with Crippen LogP contribution in [0.2, 0.25) is 0 Å². The monoisotopic (exact) mass is 398 g/mol. The van der Waals surface area contributed by atoms with Crippen LogP contribution in [0, 0.1) is 5.82 Å². The maximum atomic E-state index is 13.9. The molecule has 2 atom stereocenters. The summed E-state index contributed by atoms with van der Waals surface area (Å²) in [7, 11) is 0. The molecule has 0 spiro atoms. The minimum atomic E-state index is -1.21. The van der Waals surface area contributed by atoms with Crippen molar-refractivity contribution >= 4 is 23.9 Å². The number of carboxylic acids is 1. The Kier molecular flexibility index (Phi) is 8.09. The molecule has 29 heavy (non-hydrogen) atoms. The first-order chi connectivity index (χ1) is 13.9. The molecule has 7 heteroatoms. The number of aliphatic carboxylic acids is 1. The summed E-state index contributed by atoms with van der Waals surface area (Å²) in [5, 5.41) is 14.3. The maximum Gasteiger partial charge on any atom is 0.326 e. The van der Waals surface area contributed by atoms with Gasteiger partial charge in [-0.1, -0.05) is 60.7 Å². The third-order valence-corrected chi connectivity index (χ3v) is 4.17. The number of rotatable bonds is 9. The van der Waals surface area contributed by atoms with Gasteiger partial charge in [-0.25, -0.2) is 9.18 Å². The number of hydrogen-bond donors (Lipinski definition) is 3. The van der Waals surface area contributed by atoms with Gasteiger partial charge in [0.05, 0.1) is 0 Å². The van der Waals surface area contributed by atoms with Crippen molar-refractivity contribution < 1.29 is 23.9 Å². The minimum Gasteiger partial charge on any atom is -0.480 e. The molecule has 2 rings (SSSR count). The number of carboxylic acid groups (broad SMARTS) is 1. The molecule has 2 aromatic rings. The Labute approximate surface area is 168 Å². The molecular weight excluding hydrogens is 375 g/mol. The summed E-state index contributed by atoms with van der Waals surface area (Å²) in [5.74, 6) is -2.87. The fourth-order valence-corrected chi connectivity index (χ4v) is 2.74. The summed E-state index contributed by atoms with van der Waals surface area (Å²) in [6.07, 6.45) is 3.37. The predicted octanol–water partition coefficient (Wildman–Crippen LogP) is 2.55. The second kappa shape index (κ2) is 10.8. The topological polar surface area (TPSA) is 95.5 Å². The maximum absolute atomic E-state index is 13.9. The van der Waals surface area contributed by atoms with Crippen LogP contribution >= 0.6 is 0 Å². The van der Waals surface area contributed by atoms with Gasteiger partial charge in [-0.3, -0.25) is 9.59 Å². The zero-order valence-corrected chi connectivity index (χ0v) is 16.0. The molecule has 0 aliphatic heterocycles. The molecule has 0 aliphatic carbocycles. The standard InChI is InChI=1S/C22H23FN2O4/c1-15(26)24-20(14-17-11-5-6-12-18(17)23)21(27)25-19(22(28)29)13-7-10-16-8-3-2-4-9-16/h2-12,19-20H,13-14H2,1H3,(H,24,26)(H,25,27)(H,28,29)/b10-7+/t19-,20+/m1/s1. The second-order valence-electron chi connectivity index (χ2n) is 6.50. The quantitative estimate of drug-likeness (QED) is 0.605. The molecule has 0 fully saturated rings. The molecule has 0 saturated heterocycles. The molecule has 2 amide bonds. The SMILES string of the molecule is CC(=O)N[C@@H](Cc1ccccc1F)C(=O)N[C@H](C/C=C/c1ccccc1)C(=O)O. The lowest BCUT2D eigenvalue weighted by Crippen LogP contribution is -2.52. The number of carbonyl (C=O) groups excluding carboxylic acids is 2. The number of amides is 2.